The molecule has 0 saturated carbocycles. The summed E-state index contributed by atoms with van der Waals surface area (Å²) in [5, 5.41) is 21.9. The molecule has 0 unspecified atom stereocenters. The third-order valence-corrected chi connectivity index (χ3v) is 4.71. The van der Waals surface area contributed by atoms with E-state index in [0.29, 0.717) is 17.3 Å². The highest BCUT2D eigenvalue weighted by Crippen LogP contribution is 2.40. The molecular formula is C19H15N7O. The van der Waals surface area contributed by atoms with Crippen molar-refractivity contribution in [3.63, 3.8) is 0 Å². The van der Waals surface area contributed by atoms with Gasteiger partial charge in [-0.1, -0.05) is 65.3 Å². The van der Waals surface area contributed by atoms with E-state index in [-0.39, 0.29) is 11.6 Å². The second kappa shape index (κ2) is 5.87. The Morgan fingerprint density at radius 3 is 2.59 bits per heavy atom. The molecule has 0 bridgehead atoms. The quantitative estimate of drug-likeness (QED) is 0.503. The van der Waals surface area contributed by atoms with Gasteiger partial charge in [-0.3, -0.25) is 4.79 Å². The molecule has 8 heteroatoms. The Kier molecular flexibility index (Phi) is 3.36. The normalized spacial score (nSPS) is 14.9. The van der Waals surface area contributed by atoms with Gasteiger partial charge in [0.1, 0.15) is 11.7 Å². The number of fused-ring (bicyclic) bond motifs is 2. The highest BCUT2D eigenvalue weighted by Gasteiger charge is 2.34. The van der Waals surface area contributed by atoms with E-state index in [9.17, 15) is 4.79 Å². The minimum absolute atomic E-state index is 0.309. The summed E-state index contributed by atoms with van der Waals surface area (Å²) in [7, 11) is 0. The van der Waals surface area contributed by atoms with Crippen molar-refractivity contribution >= 4 is 11.6 Å². The molecule has 2 aromatic carbocycles. The number of nitrogens with zero attached hydrogens (tertiary/aromatic N) is 5. The van der Waals surface area contributed by atoms with Crippen LogP contribution in [0.15, 0.2) is 59.4 Å². The first-order chi connectivity index (χ1) is 13.2. The average Bonchev–Trinajstić information content (AvgIpc) is 3.17. The van der Waals surface area contributed by atoms with Crippen LogP contribution < -0.4 is 10.9 Å². The molecule has 8 nitrogen and oxygen atoms in total. The molecule has 0 amide bonds. The van der Waals surface area contributed by atoms with Gasteiger partial charge in [-0.05, 0) is 22.9 Å². The van der Waals surface area contributed by atoms with Crippen molar-refractivity contribution in [1.82, 2.24) is 30.4 Å². The summed E-state index contributed by atoms with van der Waals surface area (Å²) in [6.45, 7) is 2.03. The molecule has 0 spiro atoms. The summed E-state index contributed by atoms with van der Waals surface area (Å²) in [5.74, 6) is 0.419. The zero-order chi connectivity index (χ0) is 18.4. The Morgan fingerprint density at radius 2 is 1.81 bits per heavy atom. The summed E-state index contributed by atoms with van der Waals surface area (Å²) in [4.78, 5) is 12.6. The van der Waals surface area contributed by atoms with Gasteiger partial charge in [0.05, 0.1) is 5.69 Å². The van der Waals surface area contributed by atoms with Crippen LogP contribution in [0.25, 0.3) is 11.3 Å². The van der Waals surface area contributed by atoms with Crippen LogP contribution in [-0.4, -0.2) is 30.4 Å². The standard InChI is InChI=1S/C19H15N7O/c1-11-7-9-12(10-8-11)15-14-16(18(27)22-21-15)20-19-23-24-25-26(19)17(14)13-5-3-2-4-6-13/h2-10,17H,1H3,(H,22,27)(H,20,23,25)/t17-/m0/s1. The second-order valence-electron chi connectivity index (χ2n) is 6.44. The van der Waals surface area contributed by atoms with Gasteiger partial charge >= 0.3 is 0 Å². The van der Waals surface area contributed by atoms with Crippen LogP contribution in [0.2, 0.25) is 0 Å². The van der Waals surface area contributed by atoms with E-state index < -0.39 is 0 Å². The minimum Gasteiger partial charge on any atom is -0.318 e. The SMILES string of the molecule is Cc1ccc(-c2n[nH]c(=O)c3c2[C@H](c2ccccc2)n2nnnc2N3)cc1. The van der Waals surface area contributed by atoms with Crippen LogP contribution >= 0.6 is 0 Å². The Labute approximate surface area is 153 Å². The van der Waals surface area contributed by atoms with Crippen LogP contribution in [0.4, 0.5) is 11.6 Å². The molecule has 1 aliphatic rings. The fraction of sp³-hybridized carbons (Fsp3) is 0.105. The number of aromatic amines is 1. The number of benzene rings is 2. The number of nitrogens with one attached hydrogen (secondary N) is 2. The predicted molar refractivity (Wildman–Crippen MR) is 99.8 cm³/mol. The van der Waals surface area contributed by atoms with E-state index in [1.807, 2.05) is 61.5 Å². The third kappa shape index (κ3) is 2.42. The van der Waals surface area contributed by atoms with Crippen molar-refractivity contribution in [2.24, 2.45) is 0 Å². The Hall–Kier alpha value is -3.81. The molecule has 1 aliphatic heterocycles. The molecule has 1 atom stereocenters. The Bertz CT molecular complexity index is 1180. The van der Waals surface area contributed by atoms with Crippen molar-refractivity contribution in [3.8, 4) is 11.3 Å². The number of aryl methyl sites for hydroxylation is 1. The van der Waals surface area contributed by atoms with Crippen molar-refractivity contribution in [3.05, 3.63) is 81.6 Å². The minimum atomic E-state index is -0.362. The lowest BCUT2D eigenvalue weighted by Gasteiger charge is -2.27. The van der Waals surface area contributed by atoms with Crippen LogP contribution in [0, 0.1) is 6.92 Å². The molecular weight excluding hydrogens is 342 g/mol. The average molecular weight is 357 g/mol. The fourth-order valence-electron chi connectivity index (χ4n) is 3.41. The van der Waals surface area contributed by atoms with E-state index >= 15 is 0 Å². The molecule has 27 heavy (non-hydrogen) atoms. The number of hydrogen-bond donors (Lipinski definition) is 2. The molecule has 4 aromatic rings. The van der Waals surface area contributed by atoms with Gasteiger partial charge < -0.3 is 5.32 Å². The van der Waals surface area contributed by atoms with E-state index in [0.717, 1.165) is 22.3 Å². The van der Waals surface area contributed by atoms with Crippen LogP contribution in [0.3, 0.4) is 0 Å². The lowest BCUT2D eigenvalue weighted by molar-refractivity contribution is 0.567. The molecule has 0 saturated heterocycles. The number of tetrazole rings is 1. The molecule has 132 valence electrons. The van der Waals surface area contributed by atoms with E-state index in [4.69, 9.17) is 0 Å². The third-order valence-electron chi connectivity index (χ3n) is 4.71. The highest BCUT2D eigenvalue weighted by molar-refractivity contribution is 5.75. The molecule has 3 heterocycles. The summed E-state index contributed by atoms with van der Waals surface area (Å²) in [6, 6.07) is 17.5. The van der Waals surface area contributed by atoms with E-state index in [1.165, 1.54) is 0 Å². The van der Waals surface area contributed by atoms with Crippen LogP contribution in [0.1, 0.15) is 22.7 Å². The summed E-state index contributed by atoms with van der Waals surface area (Å²) in [6.07, 6.45) is 0. The summed E-state index contributed by atoms with van der Waals surface area (Å²) in [5.41, 5.74) is 4.56. The maximum absolute atomic E-state index is 12.6. The van der Waals surface area contributed by atoms with Gasteiger partial charge in [0.15, 0.2) is 0 Å². The summed E-state index contributed by atoms with van der Waals surface area (Å²) < 4.78 is 1.68. The lowest BCUT2D eigenvalue weighted by atomic mass is 9.92. The van der Waals surface area contributed by atoms with Crippen molar-refractivity contribution in [2.45, 2.75) is 13.0 Å². The first kappa shape index (κ1) is 15.4. The van der Waals surface area contributed by atoms with Gasteiger partial charge in [-0.25, -0.2) is 5.10 Å². The first-order valence-electron chi connectivity index (χ1n) is 8.52. The van der Waals surface area contributed by atoms with Crippen molar-refractivity contribution in [1.29, 1.82) is 0 Å². The number of hydrogen-bond acceptors (Lipinski definition) is 6. The largest absolute Gasteiger partial charge is 0.318 e. The molecule has 5 rings (SSSR count). The van der Waals surface area contributed by atoms with Gasteiger partial charge in [0, 0.05) is 11.1 Å². The second-order valence-corrected chi connectivity index (χ2v) is 6.44. The number of anilines is 2. The van der Waals surface area contributed by atoms with Crippen LogP contribution in [0.5, 0.6) is 0 Å². The number of rotatable bonds is 2. The fourth-order valence-corrected chi connectivity index (χ4v) is 3.41. The van der Waals surface area contributed by atoms with Gasteiger partial charge in [-0.2, -0.15) is 9.78 Å². The molecule has 0 aliphatic carbocycles. The van der Waals surface area contributed by atoms with Crippen LogP contribution in [-0.2, 0) is 0 Å². The maximum atomic E-state index is 12.6. The molecule has 0 radical (unpaired) electrons. The van der Waals surface area contributed by atoms with Gasteiger partial charge in [-0.15, -0.1) is 0 Å². The Morgan fingerprint density at radius 1 is 1.04 bits per heavy atom. The lowest BCUT2D eigenvalue weighted by Crippen LogP contribution is -2.29. The zero-order valence-corrected chi connectivity index (χ0v) is 14.4. The number of H-pyrrole nitrogens is 1. The topological polar surface area (TPSA) is 101 Å². The highest BCUT2D eigenvalue weighted by atomic mass is 16.1. The molecule has 0 fully saturated rings. The Balaban J connectivity index is 1.82. The van der Waals surface area contributed by atoms with Crippen molar-refractivity contribution in [2.75, 3.05) is 5.32 Å². The van der Waals surface area contributed by atoms with Crippen molar-refractivity contribution < 1.29 is 0 Å². The monoisotopic (exact) mass is 357 g/mol. The van der Waals surface area contributed by atoms with Gasteiger partial charge in [0.2, 0.25) is 5.95 Å². The number of aromatic nitrogens is 6. The summed E-state index contributed by atoms with van der Waals surface area (Å²) >= 11 is 0. The maximum Gasteiger partial charge on any atom is 0.288 e. The first-order valence-corrected chi connectivity index (χ1v) is 8.52. The zero-order valence-electron chi connectivity index (χ0n) is 14.4. The van der Waals surface area contributed by atoms with E-state index in [2.05, 4.69) is 31.0 Å². The molecule has 2 N–H and O–H groups in total. The van der Waals surface area contributed by atoms with E-state index in [1.54, 1.807) is 4.68 Å². The smallest absolute Gasteiger partial charge is 0.288 e. The van der Waals surface area contributed by atoms with Gasteiger partial charge in [0.25, 0.3) is 5.56 Å². The molecule has 2 aromatic heterocycles. The predicted octanol–water partition coefficient (Wildman–Crippen LogP) is 2.43.